The highest BCUT2D eigenvalue weighted by molar-refractivity contribution is 7.78. The van der Waals surface area contributed by atoms with Crippen LogP contribution in [0, 0.1) is 0 Å². The summed E-state index contributed by atoms with van der Waals surface area (Å²) in [6.07, 6.45) is -4.15. The Bertz CT molecular complexity index is 968. The minimum absolute atomic E-state index is 0.0227. The monoisotopic (exact) mass is 409 g/mol. The fourth-order valence-corrected chi connectivity index (χ4v) is 3.23. The summed E-state index contributed by atoms with van der Waals surface area (Å²) in [5, 5.41) is 12.7. The lowest BCUT2D eigenvalue weighted by atomic mass is 10.1. The molecule has 1 heterocycles. The number of hydrogen-bond donors (Lipinski definition) is 1. The number of nitrogens with zero attached hydrogens (tertiary/aromatic N) is 2. The van der Waals surface area contributed by atoms with Gasteiger partial charge in [-0.1, -0.05) is 47.5 Å². The predicted molar refractivity (Wildman–Crippen MR) is 97.4 cm³/mol. The van der Waals surface area contributed by atoms with E-state index in [1.807, 2.05) is 0 Å². The molecule has 3 aromatic rings. The van der Waals surface area contributed by atoms with E-state index in [2.05, 4.69) is 5.10 Å². The second kappa shape index (κ2) is 8.26. The predicted octanol–water partition coefficient (Wildman–Crippen LogP) is 3.47. The van der Waals surface area contributed by atoms with E-state index in [0.717, 1.165) is 11.6 Å². The second-order valence-electron chi connectivity index (χ2n) is 6.11. The molecule has 0 aliphatic heterocycles. The van der Waals surface area contributed by atoms with Gasteiger partial charge in [0.1, 0.15) is 0 Å². The van der Waals surface area contributed by atoms with Crippen LogP contribution in [0.1, 0.15) is 16.8 Å². The summed E-state index contributed by atoms with van der Waals surface area (Å²) in [5.41, 5.74) is 1.52. The lowest BCUT2D eigenvalue weighted by Crippen LogP contribution is -2.07. The molecule has 28 heavy (non-hydrogen) atoms. The van der Waals surface area contributed by atoms with Crippen molar-refractivity contribution >= 4 is 11.1 Å². The van der Waals surface area contributed by atoms with Gasteiger partial charge in [-0.2, -0.15) is 18.3 Å². The maximum absolute atomic E-state index is 13.2. The number of halogens is 3. The van der Waals surface area contributed by atoms with Gasteiger partial charge in [0, 0.05) is 17.9 Å². The van der Waals surface area contributed by atoms with Gasteiger partial charge >= 0.3 is 6.18 Å². The van der Waals surface area contributed by atoms with E-state index in [0.29, 0.717) is 23.2 Å². The van der Waals surface area contributed by atoms with Gasteiger partial charge in [0.05, 0.1) is 11.4 Å². The van der Waals surface area contributed by atoms with Crippen molar-refractivity contribution < 1.29 is 27.0 Å². The molecule has 1 unspecified atom stereocenters. The van der Waals surface area contributed by atoms with Crippen LogP contribution in [0.4, 0.5) is 13.2 Å². The van der Waals surface area contributed by atoms with Crippen LogP contribution in [0.2, 0.25) is 0 Å². The lowest BCUT2D eigenvalue weighted by molar-refractivity contribution is -0.141. The maximum Gasteiger partial charge on any atom is 0.435 e. The molecule has 0 saturated carbocycles. The molecule has 0 amide bonds. The van der Waals surface area contributed by atoms with E-state index in [4.69, 9.17) is 5.11 Å². The van der Waals surface area contributed by atoms with Gasteiger partial charge in [0.15, 0.2) is 5.69 Å². The summed E-state index contributed by atoms with van der Waals surface area (Å²) in [6.45, 7) is -0.0227. The zero-order chi connectivity index (χ0) is 20.3. The van der Waals surface area contributed by atoms with Crippen molar-refractivity contribution in [1.82, 2.24) is 9.78 Å². The van der Waals surface area contributed by atoms with Crippen molar-refractivity contribution in [2.24, 2.45) is 0 Å². The highest BCUT2D eigenvalue weighted by atomic mass is 32.2. The van der Waals surface area contributed by atoms with Crippen LogP contribution in [0.3, 0.4) is 0 Å². The van der Waals surface area contributed by atoms with Crippen LogP contribution < -0.4 is 0 Å². The average Bonchev–Trinajstić information content (AvgIpc) is 3.08. The van der Waals surface area contributed by atoms with Gasteiger partial charge in [-0.05, 0) is 35.7 Å². The molecule has 148 valence electrons. The standard InChI is InChI=1S/C19H17F3N2O3S/c20-19(21,22)18-11-17(15-5-1-14(2-6-15)12-28(26)27)24(23-18)16-7-3-13(4-8-16)9-10-25/h1-8,11,25H,9-10,12H2,(H,26,27)/p-1. The number of benzene rings is 2. The number of rotatable bonds is 6. The molecule has 9 heteroatoms. The van der Waals surface area contributed by atoms with Crippen LogP contribution in [-0.2, 0) is 29.4 Å². The first-order chi connectivity index (χ1) is 13.3. The fourth-order valence-electron chi connectivity index (χ4n) is 2.76. The summed E-state index contributed by atoms with van der Waals surface area (Å²) in [6, 6.07) is 13.9. The van der Waals surface area contributed by atoms with Crippen LogP contribution >= 0.6 is 0 Å². The molecule has 0 bridgehead atoms. The minimum atomic E-state index is -4.60. The molecule has 0 aliphatic carbocycles. The SMILES string of the molecule is O=S([O-])Cc1ccc(-c2cc(C(F)(F)F)nn2-c2ccc(CCO)cc2)cc1. The maximum atomic E-state index is 13.2. The van der Waals surface area contributed by atoms with Crippen LogP contribution in [-0.4, -0.2) is 30.3 Å². The van der Waals surface area contributed by atoms with E-state index < -0.39 is 23.0 Å². The highest BCUT2D eigenvalue weighted by Gasteiger charge is 2.35. The Balaban J connectivity index is 2.04. The quantitative estimate of drug-likeness (QED) is 0.633. The molecule has 0 radical (unpaired) electrons. The van der Waals surface area contributed by atoms with Crippen molar-refractivity contribution in [3.05, 3.63) is 71.4 Å². The molecule has 0 aliphatic rings. The van der Waals surface area contributed by atoms with Gasteiger partial charge < -0.3 is 9.66 Å². The van der Waals surface area contributed by atoms with E-state index in [1.165, 1.54) is 4.68 Å². The third-order valence-electron chi connectivity index (χ3n) is 4.12. The van der Waals surface area contributed by atoms with Crippen molar-refractivity contribution in [2.45, 2.75) is 18.3 Å². The molecule has 1 N–H and O–H groups in total. The third-order valence-corrected chi connectivity index (χ3v) is 4.68. The largest absolute Gasteiger partial charge is 0.772 e. The zero-order valence-electron chi connectivity index (χ0n) is 14.5. The first-order valence-corrected chi connectivity index (χ1v) is 9.55. The molecule has 0 saturated heterocycles. The number of hydrogen-bond acceptors (Lipinski definition) is 4. The van der Waals surface area contributed by atoms with Crippen molar-refractivity contribution in [2.75, 3.05) is 6.61 Å². The highest BCUT2D eigenvalue weighted by Crippen LogP contribution is 2.33. The molecule has 5 nitrogen and oxygen atoms in total. The summed E-state index contributed by atoms with van der Waals surface area (Å²) in [7, 11) is 0. The van der Waals surface area contributed by atoms with E-state index in [-0.39, 0.29) is 18.1 Å². The van der Waals surface area contributed by atoms with Gasteiger partial charge in [-0.25, -0.2) is 4.68 Å². The Morgan fingerprint density at radius 2 is 1.64 bits per heavy atom. The van der Waals surface area contributed by atoms with Crippen LogP contribution in [0.5, 0.6) is 0 Å². The lowest BCUT2D eigenvalue weighted by Gasteiger charge is -2.10. The Morgan fingerprint density at radius 1 is 1.04 bits per heavy atom. The van der Waals surface area contributed by atoms with Gasteiger partial charge in [-0.3, -0.25) is 4.21 Å². The van der Waals surface area contributed by atoms with E-state index in [1.54, 1.807) is 48.5 Å². The van der Waals surface area contributed by atoms with Crippen LogP contribution in [0.25, 0.3) is 16.9 Å². The molecule has 0 spiro atoms. The van der Waals surface area contributed by atoms with Gasteiger partial charge in [-0.15, -0.1) is 0 Å². The van der Waals surface area contributed by atoms with Gasteiger partial charge in [0.25, 0.3) is 0 Å². The fraction of sp³-hybridized carbons (Fsp3) is 0.211. The zero-order valence-corrected chi connectivity index (χ0v) is 15.3. The first kappa shape index (κ1) is 20.2. The normalized spacial score (nSPS) is 12.9. The Morgan fingerprint density at radius 3 is 2.18 bits per heavy atom. The number of aliphatic hydroxyl groups excluding tert-OH is 1. The number of alkyl halides is 3. The molecule has 3 rings (SSSR count). The first-order valence-electron chi connectivity index (χ1n) is 8.30. The molecule has 1 atom stereocenters. The van der Waals surface area contributed by atoms with E-state index in [9.17, 15) is 21.9 Å². The topological polar surface area (TPSA) is 78.2 Å². The Kier molecular flexibility index (Phi) is 5.97. The molecular weight excluding hydrogens is 393 g/mol. The molecule has 2 aromatic carbocycles. The van der Waals surface area contributed by atoms with Crippen molar-refractivity contribution in [3.63, 3.8) is 0 Å². The average molecular weight is 409 g/mol. The van der Waals surface area contributed by atoms with Crippen molar-refractivity contribution in [1.29, 1.82) is 0 Å². The van der Waals surface area contributed by atoms with Gasteiger partial charge in [0.2, 0.25) is 0 Å². The second-order valence-corrected chi connectivity index (χ2v) is 7.01. The molecule has 1 aromatic heterocycles. The smallest absolute Gasteiger partial charge is 0.435 e. The summed E-state index contributed by atoms with van der Waals surface area (Å²) in [5.74, 6) is -0.167. The number of aromatic nitrogens is 2. The Labute approximate surface area is 161 Å². The molecule has 0 fully saturated rings. The summed E-state index contributed by atoms with van der Waals surface area (Å²) >= 11 is -2.25. The number of aliphatic hydroxyl groups is 1. The van der Waals surface area contributed by atoms with E-state index >= 15 is 0 Å². The Hall–Kier alpha value is -2.49. The summed E-state index contributed by atoms with van der Waals surface area (Å²) in [4.78, 5) is 0. The third kappa shape index (κ3) is 4.67. The van der Waals surface area contributed by atoms with Crippen molar-refractivity contribution in [3.8, 4) is 16.9 Å². The minimum Gasteiger partial charge on any atom is -0.772 e. The van der Waals surface area contributed by atoms with Crippen LogP contribution in [0.15, 0.2) is 54.6 Å². The summed E-state index contributed by atoms with van der Waals surface area (Å²) < 4.78 is 62.4. The molecular formula is C19H16F3N2O3S-.